The van der Waals surface area contributed by atoms with Crippen molar-refractivity contribution in [3.05, 3.63) is 112 Å². The van der Waals surface area contributed by atoms with Crippen molar-refractivity contribution in [3.8, 4) is 11.4 Å². The molecule has 2 aliphatic heterocycles. The molecule has 0 radical (unpaired) electrons. The number of halogens is 2. The number of nitrogens with zero attached hydrogens (tertiary/aromatic N) is 8. The first kappa shape index (κ1) is 33.2. The van der Waals surface area contributed by atoms with Gasteiger partial charge in [-0.3, -0.25) is 0 Å². The van der Waals surface area contributed by atoms with E-state index in [2.05, 4.69) is 56.2 Å². The topological polar surface area (TPSA) is 105 Å². The standard InChI is InChI=1S/C35H38Cl2N8O4/c1-2-3-14-45-34(46)44(25-40-45)29-7-5-27(6-8-29)41-15-17-42(18-16-41)28-9-11-30(12-10-28)47-20-31-21-48-35(49-31,22-43-24-38-23-39-43)32-13-4-26(36)19-33(32)37/h4-13,19,23-25,31H,2-3,14-18,20-22H2,1H3/t31-,35?/m1/s1. The zero-order valence-electron chi connectivity index (χ0n) is 27.2. The summed E-state index contributed by atoms with van der Waals surface area (Å²) >= 11 is 12.7. The van der Waals surface area contributed by atoms with Crippen LogP contribution in [0.15, 0.2) is 90.5 Å². The molecule has 0 amide bonds. The molecule has 2 aliphatic rings. The lowest BCUT2D eigenvalue weighted by Gasteiger charge is -2.37. The van der Waals surface area contributed by atoms with Gasteiger partial charge in [0, 0.05) is 54.7 Å². The highest BCUT2D eigenvalue weighted by Crippen LogP contribution is 2.40. The molecule has 49 heavy (non-hydrogen) atoms. The average molecular weight is 706 g/mol. The molecule has 3 aromatic carbocycles. The van der Waals surface area contributed by atoms with E-state index in [-0.39, 0.29) is 18.3 Å². The van der Waals surface area contributed by atoms with Crippen LogP contribution in [0.2, 0.25) is 10.0 Å². The lowest BCUT2D eigenvalue weighted by molar-refractivity contribution is -0.190. The second-order valence-corrected chi connectivity index (χ2v) is 13.0. The number of rotatable bonds is 12. The lowest BCUT2D eigenvalue weighted by atomic mass is 10.1. The molecule has 2 fully saturated rings. The Labute approximate surface area is 294 Å². The normalized spacial score (nSPS) is 19.4. The van der Waals surface area contributed by atoms with Gasteiger partial charge in [0.05, 0.1) is 17.3 Å². The van der Waals surface area contributed by atoms with Crippen LogP contribution >= 0.6 is 23.2 Å². The number of hydrogen-bond acceptors (Lipinski definition) is 9. The number of unbranched alkanes of at least 4 members (excludes halogenated alkanes) is 1. The molecule has 0 N–H and O–H groups in total. The van der Waals surface area contributed by atoms with Crippen LogP contribution in [0.1, 0.15) is 25.3 Å². The summed E-state index contributed by atoms with van der Waals surface area (Å²) in [4.78, 5) is 21.5. The molecule has 14 heteroatoms. The first-order valence-corrected chi connectivity index (χ1v) is 17.2. The van der Waals surface area contributed by atoms with Gasteiger partial charge in [-0.2, -0.15) is 10.2 Å². The Morgan fingerprint density at radius 2 is 1.59 bits per heavy atom. The van der Waals surface area contributed by atoms with Crippen LogP contribution in [0, 0.1) is 0 Å². The quantitative estimate of drug-likeness (QED) is 0.169. The summed E-state index contributed by atoms with van der Waals surface area (Å²) in [5.74, 6) is -0.408. The van der Waals surface area contributed by atoms with Gasteiger partial charge in [-0.15, -0.1) is 0 Å². The molecule has 0 spiro atoms. The molecule has 5 aromatic rings. The molecule has 1 unspecified atom stereocenters. The molecule has 0 saturated carbocycles. The number of anilines is 2. The van der Waals surface area contributed by atoms with Gasteiger partial charge in [0.1, 0.15) is 44.0 Å². The van der Waals surface area contributed by atoms with Crippen LogP contribution in [0.5, 0.6) is 5.75 Å². The van der Waals surface area contributed by atoms with E-state index < -0.39 is 5.79 Å². The van der Waals surface area contributed by atoms with Gasteiger partial charge in [-0.25, -0.2) is 23.7 Å². The minimum absolute atomic E-state index is 0.104. The molecule has 2 aromatic heterocycles. The third-order valence-corrected chi connectivity index (χ3v) is 9.45. The van der Waals surface area contributed by atoms with Crippen molar-refractivity contribution in [2.45, 2.75) is 44.7 Å². The van der Waals surface area contributed by atoms with E-state index in [1.54, 1.807) is 34.0 Å². The van der Waals surface area contributed by atoms with Crippen molar-refractivity contribution in [1.29, 1.82) is 0 Å². The van der Waals surface area contributed by atoms with Crippen molar-refractivity contribution in [1.82, 2.24) is 29.1 Å². The Kier molecular flexibility index (Phi) is 9.90. The van der Waals surface area contributed by atoms with E-state index in [4.69, 9.17) is 37.4 Å². The van der Waals surface area contributed by atoms with Gasteiger partial charge in [-0.1, -0.05) is 42.6 Å². The predicted molar refractivity (Wildman–Crippen MR) is 188 cm³/mol. The molecule has 7 rings (SSSR count). The van der Waals surface area contributed by atoms with Crippen LogP contribution in [0.3, 0.4) is 0 Å². The Bertz CT molecular complexity index is 1890. The van der Waals surface area contributed by atoms with Gasteiger partial charge >= 0.3 is 5.69 Å². The molecule has 12 nitrogen and oxygen atoms in total. The molecule has 0 aliphatic carbocycles. The fourth-order valence-corrected chi connectivity index (χ4v) is 6.80. The maximum Gasteiger partial charge on any atom is 0.350 e. The third-order valence-electron chi connectivity index (χ3n) is 8.90. The summed E-state index contributed by atoms with van der Waals surface area (Å²) in [5, 5.41) is 9.47. The number of hydrogen-bond donors (Lipinski definition) is 0. The molecule has 4 heterocycles. The Hall–Kier alpha value is -4.36. The second-order valence-electron chi connectivity index (χ2n) is 12.2. The molecule has 0 bridgehead atoms. The zero-order valence-corrected chi connectivity index (χ0v) is 28.7. The number of ether oxygens (including phenoxy) is 3. The van der Waals surface area contributed by atoms with Crippen molar-refractivity contribution < 1.29 is 14.2 Å². The monoisotopic (exact) mass is 704 g/mol. The largest absolute Gasteiger partial charge is 0.491 e. The minimum atomic E-state index is -1.16. The maximum absolute atomic E-state index is 12.7. The van der Waals surface area contributed by atoms with Crippen LogP contribution in [0.4, 0.5) is 11.4 Å². The van der Waals surface area contributed by atoms with E-state index in [9.17, 15) is 4.79 Å². The summed E-state index contributed by atoms with van der Waals surface area (Å²) in [6.07, 6.45) is 6.30. The third kappa shape index (κ3) is 7.32. The summed E-state index contributed by atoms with van der Waals surface area (Å²) in [5.41, 5.74) is 3.67. The number of aryl methyl sites for hydroxylation is 1. The van der Waals surface area contributed by atoms with Crippen LogP contribution in [-0.4, -0.2) is 74.6 Å². The van der Waals surface area contributed by atoms with E-state index >= 15 is 0 Å². The van der Waals surface area contributed by atoms with E-state index in [1.165, 1.54) is 11.0 Å². The van der Waals surface area contributed by atoms with Crippen molar-refractivity contribution in [2.75, 3.05) is 49.2 Å². The average Bonchev–Trinajstić information content (AvgIpc) is 3.88. The van der Waals surface area contributed by atoms with Gasteiger partial charge < -0.3 is 24.0 Å². The summed E-state index contributed by atoms with van der Waals surface area (Å²) < 4.78 is 23.7. The fourth-order valence-electron chi connectivity index (χ4n) is 6.25. The maximum atomic E-state index is 12.7. The smallest absolute Gasteiger partial charge is 0.350 e. The summed E-state index contributed by atoms with van der Waals surface area (Å²) in [7, 11) is 0. The first-order valence-electron chi connectivity index (χ1n) is 16.5. The van der Waals surface area contributed by atoms with Gasteiger partial charge in [-0.05, 0) is 67.1 Å². The van der Waals surface area contributed by atoms with E-state index in [0.29, 0.717) is 35.4 Å². The van der Waals surface area contributed by atoms with E-state index in [0.717, 1.165) is 61.8 Å². The van der Waals surface area contributed by atoms with E-state index in [1.807, 2.05) is 30.3 Å². The Morgan fingerprint density at radius 1 is 0.898 bits per heavy atom. The van der Waals surface area contributed by atoms with Crippen molar-refractivity contribution >= 4 is 34.6 Å². The van der Waals surface area contributed by atoms with Crippen molar-refractivity contribution in [3.63, 3.8) is 0 Å². The number of aromatic nitrogens is 6. The molecule has 2 saturated heterocycles. The van der Waals surface area contributed by atoms with Crippen LogP contribution in [-0.2, 0) is 28.4 Å². The zero-order chi connectivity index (χ0) is 33.8. The summed E-state index contributed by atoms with van der Waals surface area (Å²) in [6.45, 7) is 7.19. The van der Waals surface area contributed by atoms with Crippen molar-refractivity contribution in [2.24, 2.45) is 0 Å². The highest BCUT2D eigenvalue weighted by Gasteiger charge is 2.45. The van der Waals surface area contributed by atoms with Crippen LogP contribution in [0.25, 0.3) is 5.69 Å². The summed E-state index contributed by atoms with van der Waals surface area (Å²) in [6, 6.07) is 21.5. The first-order chi connectivity index (χ1) is 23.9. The minimum Gasteiger partial charge on any atom is -0.491 e. The fraction of sp³-hybridized carbons (Fsp3) is 0.371. The molecular formula is C35H38Cl2N8O4. The lowest BCUT2D eigenvalue weighted by Crippen LogP contribution is -2.46. The molecule has 2 atom stereocenters. The Balaban J connectivity index is 0.919. The predicted octanol–water partition coefficient (Wildman–Crippen LogP) is 5.41. The highest BCUT2D eigenvalue weighted by atomic mass is 35.5. The second kappa shape index (κ2) is 14.6. The number of benzene rings is 3. The Morgan fingerprint density at radius 3 is 2.24 bits per heavy atom. The van der Waals surface area contributed by atoms with Gasteiger partial charge in [0.2, 0.25) is 5.79 Å². The van der Waals surface area contributed by atoms with Gasteiger partial charge in [0.25, 0.3) is 0 Å². The number of piperazine rings is 1. The SMILES string of the molecule is CCCCn1ncn(-c2ccc(N3CCN(c4ccc(OC[C@@H]5COC(Cn6cncn6)(c6ccc(Cl)cc6Cl)O5)cc4)CC3)cc2)c1=O. The highest BCUT2D eigenvalue weighted by molar-refractivity contribution is 6.35. The van der Waals surface area contributed by atoms with Crippen LogP contribution < -0.4 is 20.2 Å². The molecular weight excluding hydrogens is 667 g/mol. The van der Waals surface area contributed by atoms with Gasteiger partial charge in [0.15, 0.2) is 0 Å². The molecule has 256 valence electrons.